The maximum Gasteiger partial charge on any atom is 0.255 e. The molecule has 4 aromatic rings. The molecular formula is C25H29FN8O. The number of aromatic nitrogens is 5. The standard InChI is InChI=1S/C25H29FN8O/c1-33-17-19(15-30-33)23-7-6-22(24(31-23)28-11-8-18-4-2-5-20(26)14-18)25(35)29-16-21-9-13-34(32-21)12-3-10-27/h2,4-7,9,13-15,17H,3,8,10-12,16,27H2,1H3,(H,28,31)(H,29,35). The Hall–Kier alpha value is -4.05. The highest BCUT2D eigenvalue weighted by Crippen LogP contribution is 2.22. The fourth-order valence-corrected chi connectivity index (χ4v) is 3.65. The third kappa shape index (κ3) is 6.51. The van der Waals surface area contributed by atoms with Gasteiger partial charge in [-0.2, -0.15) is 10.2 Å². The molecule has 0 bridgehead atoms. The lowest BCUT2D eigenvalue weighted by molar-refractivity contribution is 0.0951. The molecule has 4 N–H and O–H groups in total. The lowest BCUT2D eigenvalue weighted by Crippen LogP contribution is -2.25. The van der Waals surface area contributed by atoms with Crippen molar-refractivity contribution >= 4 is 11.7 Å². The van der Waals surface area contributed by atoms with Gasteiger partial charge in [-0.25, -0.2) is 9.37 Å². The average molecular weight is 477 g/mol. The lowest BCUT2D eigenvalue weighted by Gasteiger charge is -2.13. The molecule has 4 rings (SSSR count). The molecule has 0 saturated heterocycles. The Kier molecular flexibility index (Phi) is 7.84. The van der Waals surface area contributed by atoms with Crippen molar-refractivity contribution in [3.63, 3.8) is 0 Å². The Morgan fingerprint density at radius 1 is 1.20 bits per heavy atom. The van der Waals surface area contributed by atoms with Gasteiger partial charge >= 0.3 is 0 Å². The summed E-state index contributed by atoms with van der Waals surface area (Å²) in [7, 11) is 1.83. The topological polar surface area (TPSA) is 116 Å². The normalized spacial score (nSPS) is 10.9. The van der Waals surface area contributed by atoms with Gasteiger partial charge in [0.05, 0.1) is 29.7 Å². The highest BCUT2D eigenvalue weighted by molar-refractivity contribution is 5.99. The van der Waals surface area contributed by atoms with Gasteiger partial charge in [0.15, 0.2) is 0 Å². The van der Waals surface area contributed by atoms with Gasteiger partial charge in [0.1, 0.15) is 11.6 Å². The van der Waals surface area contributed by atoms with Gasteiger partial charge in [0.2, 0.25) is 0 Å². The second-order valence-corrected chi connectivity index (χ2v) is 8.20. The highest BCUT2D eigenvalue weighted by Gasteiger charge is 2.15. The molecule has 0 atom stereocenters. The number of benzene rings is 1. The van der Waals surface area contributed by atoms with Crippen LogP contribution in [0.4, 0.5) is 10.2 Å². The summed E-state index contributed by atoms with van der Waals surface area (Å²) in [5, 5.41) is 14.8. The summed E-state index contributed by atoms with van der Waals surface area (Å²) in [6.07, 6.45) is 6.88. The van der Waals surface area contributed by atoms with Crippen LogP contribution in [0.25, 0.3) is 11.3 Å². The molecule has 0 fully saturated rings. The van der Waals surface area contributed by atoms with Crippen LogP contribution in [0, 0.1) is 5.82 Å². The van der Waals surface area contributed by atoms with Crippen LogP contribution in [0.5, 0.6) is 0 Å². The van der Waals surface area contributed by atoms with Crippen LogP contribution in [0.15, 0.2) is 61.1 Å². The number of amides is 1. The number of hydrogen-bond acceptors (Lipinski definition) is 6. The van der Waals surface area contributed by atoms with Crippen LogP contribution in [-0.4, -0.2) is 43.5 Å². The minimum Gasteiger partial charge on any atom is -0.369 e. The van der Waals surface area contributed by atoms with Gasteiger partial charge in [-0.1, -0.05) is 12.1 Å². The van der Waals surface area contributed by atoms with E-state index in [-0.39, 0.29) is 11.7 Å². The van der Waals surface area contributed by atoms with Crippen molar-refractivity contribution in [2.45, 2.75) is 25.9 Å². The molecular weight excluding hydrogens is 447 g/mol. The predicted octanol–water partition coefficient (Wildman–Crippen LogP) is 2.75. The molecule has 10 heteroatoms. The summed E-state index contributed by atoms with van der Waals surface area (Å²) in [6, 6.07) is 11.9. The summed E-state index contributed by atoms with van der Waals surface area (Å²) >= 11 is 0. The highest BCUT2D eigenvalue weighted by atomic mass is 19.1. The fourth-order valence-electron chi connectivity index (χ4n) is 3.65. The van der Waals surface area contributed by atoms with E-state index in [1.54, 1.807) is 29.1 Å². The number of carbonyl (C=O) groups is 1. The Morgan fingerprint density at radius 3 is 2.86 bits per heavy atom. The average Bonchev–Trinajstić information content (AvgIpc) is 3.50. The Bertz CT molecular complexity index is 1280. The minimum atomic E-state index is -0.273. The van der Waals surface area contributed by atoms with E-state index in [0.29, 0.717) is 43.1 Å². The zero-order valence-corrected chi connectivity index (χ0v) is 19.6. The van der Waals surface area contributed by atoms with Crippen molar-refractivity contribution in [3.8, 4) is 11.3 Å². The van der Waals surface area contributed by atoms with E-state index < -0.39 is 0 Å². The van der Waals surface area contributed by atoms with Gasteiger partial charge in [-0.05, 0) is 55.3 Å². The van der Waals surface area contributed by atoms with Gasteiger partial charge in [-0.3, -0.25) is 14.2 Å². The van der Waals surface area contributed by atoms with E-state index in [0.717, 1.165) is 29.8 Å². The SMILES string of the molecule is Cn1cc(-c2ccc(C(=O)NCc3ccn(CCCN)n3)c(NCCc3cccc(F)c3)n2)cn1. The molecule has 3 aromatic heterocycles. The molecule has 3 heterocycles. The molecule has 182 valence electrons. The number of nitrogens with zero attached hydrogens (tertiary/aromatic N) is 5. The summed E-state index contributed by atoms with van der Waals surface area (Å²) in [4.78, 5) is 17.7. The molecule has 0 aliphatic heterocycles. The number of anilines is 1. The van der Waals surface area contributed by atoms with Crippen LogP contribution in [0.3, 0.4) is 0 Å². The Morgan fingerprint density at radius 2 is 2.09 bits per heavy atom. The third-order valence-corrected chi connectivity index (χ3v) is 5.45. The van der Waals surface area contributed by atoms with Crippen LogP contribution in [0.1, 0.15) is 28.0 Å². The van der Waals surface area contributed by atoms with Gasteiger partial charge in [0.25, 0.3) is 5.91 Å². The first kappa shape index (κ1) is 24.1. The van der Waals surface area contributed by atoms with Crippen LogP contribution in [0.2, 0.25) is 0 Å². The largest absolute Gasteiger partial charge is 0.369 e. The van der Waals surface area contributed by atoms with Crippen LogP contribution < -0.4 is 16.4 Å². The molecule has 0 spiro atoms. The second-order valence-electron chi connectivity index (χ2n) is 8.20. The molecule has 1 aromatic carbocycles. The number of pyridine rings is 1. The van der Waals surface area contributed by atoms with Crippen LogP contribution >= 0.6 is 0 Å². The Labute approximate surface area is 203 Å². The first-order chi connectivity index (χ1) is 17.0. The smallest absolute Gasteiger partial charge is 0.255 e. The first-order valence-corrected chi connectivity index (χ1v) is 11.5. The zero-order valence-electron chi connectivity index (χ0n) is 19.6. The van der Waals surface area contributed by atoms with Gasteiger partial charge in [0, 0.05) is 38.1 Å². The molecule has 35 heavy (non-hydrogen) atoms. The number of rotatable bonds is 11. The minimum absolute atomic E-state index is 0.264. The number of nitrogens with one attached hydrogen (secondary N) is 2. The van der Waals surface area contributed by atoms with Gasteiger partial charge in [-0.15, -0.1) is 0 Å². The van der Waals surface area contributed by atoms with Crippen LogP contribution in [-0.2, 0) is 26.6 Å². The summed E-state index contributed by atoms with van der Waals surface area (Å²) in [5.74, 6) is -0.0848. The quantitative estimate of drug-likeness (QED) is 0.307. The predicted molar refractivity (Wildman–Crippen MR) is 132 cm³/mol. The van der Waals surface area contributed by atoms with E-state index >= 15 is 0 Å². The molecule has 0 aliphatic rings. The first-order valence-electron chi connectivity index (χ1n) is 11.5. The second kappa shape index (κ2) is 11.4. The molecule has 0 aliphatic carbocycles. The summed E-state index contributed by atoms with van der Waals surface area (Å²) in [5.41, 5.74) is 9.13. The molecule has 9 nitrogen and oxygen atoms in total. The van der Waals surface area contributed by atoms with Crippen molar-refractivity contribution in [2.75, 3.05) is 18.4 Å². The number of nitrogens with two attached hydrogens (primary N) is 1. The summed E-state index contributed by atoms with van der Waals surface area (Å²) < 4.78 is 17.0. The maximum absolute atomic E-state index is 13.5. The Balaban J connectivity index is 1.47. The van der Waals surface area contributed by atoms with E-state index in [1.165, 1.54) is 12.1 Å². The van der Waals surface area contributed by atoms with E-state index in [1.807, 2.05) is 36.3 Å². The zero-order chi connectivity index (χ0) is 24.6. The van der Waals surface area contributed by atoms with Crippen molar-refractivity contribution < 1.29 is 9.18 Å². The van der Waals surface area contributed by atoms with E-state index in [9.17, 15) is 9.18 Å². The summed E-state index contributed by atoms with van der Waals surface area (Å²) in [6.45, 7) is 2.12. The maximum atomic E-state index is 13.5. The number of aryl methyl sites for hydroxylation is 2. The van der Waals surface area contributed by atoms with E-state index in [2.05, 4.69) is 25.8 Å². The van der Waals surface area contributed by atoms with Crippen molar-refractivity contribution in [1.82, 2.24) is 29.9 Å². The number of halogens is 1. The van der Waals surface area contributed by atoms with E-state index in [4.69, 9.17) is 5.73 Å². The molecule has 0 unspecified atom stereocenters. The molecule has 0 saturated carbocycles. The third-order valence-electron chi connectivity index (χ3n) is 5.45. The lowest BCUT2D eigenvalue weighted by atomic mass is 10.1. The number of hydrogen-bond donors (Lipinski definition) is 3. The number of carbonyl (C=O) groups excluding carboxylic acids is 1. The molecule has 0 radical (unpaired) electrons. The monoisotopic (exact) mass is 476 g/mol. The van der Waals surface area contributed by atoms with Gasteiger partial charge < -0.3 is 16.4 Å². The molecule has 1 amide bonds. The van der Waals surface area contributed by atoms with Crippen molar-refractivity contribution in [1.29, 1.82) is 0 Å². The fraction of sp³-hybridized carbons (Fsp3) is 0.280. The van der Waals surface area contributed by atoms with Crippen molar-refractivity contribution in [3.05, 3.63) is 83.7 Å². The van der Waals surface area contributed by atoms with Crippen molar-refractivity contribution in [2.24, 2.45) is 12.8 Å².